The van der Waals surface area contributed by atoms with E-state index in [1.54, 1.807) is 13.8 Å². The number of ether oxygens (including phenoxy) is 3. The first-order chi connectivity index (χ1) is 14.8. The van der Waals surface area contributed by atoms with Crippen molar-refractivity contribution in [3.8, 4) is 5.75 Å². The Balaban J connectivity index is 1.59. The molecular formula is C25H27NO5. The van der Waals surface area contributed by atoms with Crippen LogP contribution in [0.15, 0.2) is 66.7 Å². The van der Waals surface area contributed by atoms with Crippen LogP contribution in [-0.4, -0.2) is 37.4 Å². The quantitative estimate of drug-likeness (QED) is 0.315. The highest BCUT2D eigenvalue weighted by atomic mass is 16.6. The first-order valence-corrected chi connectivity index (χ1v) is 10.2. The fourth-order valence-electron chi connectivity index (χ4n) is 3.11. The zero-order chi connectivity index (χ0) is 22.4. The van der Waals surface area contributed by atoms with Crippen LogP contribution in [0.4, 0.5) is 4.79 Å². The molecule has 3 rings (SSSR count). The van der Waals surface area contributed by atoms with E-state index in [0.717, 1.165) is 21.5 Å². The van der Waals surface area contributed by atoms with E-state index in [-0.39, 0.29) is 19.3 Å². The largest absolute Gasteiger partial charge is 0.457 e. The number of carbonyl (C=O) groups excluding carboxylic acids is 2. The third kappa shape index (κ3) is 5.83. The number of nitrogens with one attached hydrogen (secondary N) is 1. The fraction of sp³-hybridized carbons (Fsp3) is 0.280. The molecule has 162 valence electrons. The number of hydrogen-bond acceptors (Lipinski definition) is 5. The summed E-state index contributed by atoms with van der Waals surface area (Å²) in [4.78, 5) is 24.0. The Morgan fingerprint density at radius 3 is 2.13 bits per heavy atom. The SMILES string of the molecule is C=C(C)C(=O)OC(C)COC(C)CNC(=O)Oc1c2ccccc2cc2ccccc12. The fourth-order valence-corrected chi connectivity index (χ4v) is 3.11. The van der Waals surface area contributed by atoms with Crippen molar-refractivity contribution in [2.24, 2.45) is 0 Å². The molecule has 0 aliphatic heterocycles. The Morgan fingerprint density at radius 2 is 1.55 bits per heavy atom. The average molecular weight is 421 g/mol. The summed E-state index contributed by atoms with van der Waals surface area (Å²) in [5, 5.41) is 6.47. The molecule has 0 radical (unpaired) electrons. The van der Waals surface area contributed by atoms with Gasteiger partial charge in [-0.05, 0) is 37.6 Å². The van der Waals surface area contributed by atoms with Gasteiger partial charge in [0.1, 0.15) is 11.9 Å². The molecule has 0 aliphatic carbocycles. The number of carbonyl (C=O) groups is 2. The van der Waals surface area contributed by atoms with Crippen LogP contribution in [0.2, 0.25) is 0 Å². The molecule has 31 heavy (non-hydrogen) atoms. The van der Waals surface area contributed by atoms with Crippen LogP contribution in [0.25, 0.3) is 21.5 Å². The predicted octanol–water partition coefficient (Wildman–Crippen LogP) is 4.99. The summed E-state index contributed by atoms with van der Waals surface area (Å²) in [6.45, 7) is 9.16. The molecule has 3 aromatic carbocycles. The monoisotopic (exact) mass is 421 g/mol. The Hall–Kier alpha value is -3.38. The summed E-state index contributed by atoms with van der Waals surface area (Å²) in [6, 6.07) is 17.7. The van der Waals surface area contributed by atoms with Crippen LogP contribution < -0.4 is 10.1 Å². The summed E-state index contributed by atoms with van der Waals surface area (Å²) in [7, 11) is 0. The molecule has 0 heterocycles. The van der Waals surface area contributed by atoms with Gasteiger partial charge in [-0.1, -0.05) is 55.1 Å². The van der Waals surface area contributed by atoms with E-state index in [0.29, 0.717) is 11.3 Å². The Bertz CT molecular complexity index is 1050. The lowest BCUT2D eigenvalue weighted by Crippen LogP contribution is -2.35. The smallest absolute Gasteiger partial charge is 0.412 e. The molecule has 2 atom stereocenters. The van der Waals surface area contributed by atoms with Gasteiger partial charge in [0.15, 0.2) is 0 Å². The number of hydrogen-bond donors (Lipinski definition) is 1. The number of esters is 1. The lowest BCUT2D eigenvalue weighted by atomic mass is 10.0. The van der Waals surface area contributed by atoms with Crippen molar-refractivity contribution < 1.29 is 23.8 Å². The molecule has 2 unspecified atom stereocenters. The summed E-state index contributed by atoms with van der Waals surface area (Å²) in [6.07, 6.45) is -1.26. The van der Waals surface area contributed by atoms with Crippen molar-refractivity contribution in [1.29, 1.82) is 0 Å². The number of rotatable bonds is 8. The molecular weight excluding hydrogens is 394 g/mol. The Labute approximate surface area is 181 Å². The topological polar surface area (TPSA) is 73.9 Å². The molecule has 0 bridgehead atoms. The van der Waals surface area contributed by atoms with Gasteiger partial charge in [-0.3, -0.25) is 0 Å². The third-order valence-electron chi connectivity index (χ3n) is 4.72. The number of fused-ring (bicyclic) bond motifs is 2. The van der Waals surface area contributed by atoms with Gasteiger partial charge in [0.2, 0.25) is 0 Å². The van der Waals surface area contributed by atoms with Gasteiger partial charge < -0.3 is 19.5 Å². The molecule has 0 aliphatic rings. The Kier molecular flexibility index (Phi) is 7.26. The molecule has 3 aromatic rings. The van der Waals surface area contributed by atoms with Crippen LogP contribution in [0.5, 0.6) is 5.75 Å². The minimum absolute atomic E-state index is 0.213. The molecule has 6 nitrogen and oxygen atoms in total. The second-order valence-electron chi connectivity index (χ2n) is 7.56. The van der Waals surface area contributed by atoms with E-state index in [4.69, 9.17) is 14.2 Å². The molecule has 1 N–H and O–H groups in total. The maximum Gasteiger partial charge on any atom is 0.412 e. The van der Waals surface area contributed by atoms with E-state index >= 15 is 0 Å². The maximum absolute atomic E-state index is 12.5. The Morgan fingerprint density at radius 1 is 0.968 bits per heavy atom. The highest BCUT2D eigenvalue weighted by Crippen LogP contribution is 2.34. The molecule has 0 fully saturated rings. The summed E-state index contributed by atoms with van der Waals surface area (Å²) >= 11 is 0. The van der Waals surface area contributed by atoms with Crippen LogP contribution in [-0.2, 0) is 14.3 Å². The van der Waals surface area contributed by atoms with Crippen molar-refractivity contribution in [2.45, 2.75) is 33.0 Å². The van der Waals surface area contributed by atoms with E-state index in [1.165, 1.54) is 0 Å². The summed E-state index contributed by atoms with van der Waals surface area (Å²) in [5.74, 6) is 0.0767. The zero-order valence-electron chi connectivity index (χ0n) is 18.0. The van der Waals surface area contributed by atoms with Gasteiger partial charge in [0.25, 0.3) is 0 Å². The lowest BCUT2D eigenvalue weighted by Gasteiger charge is -2.18. The van der Waals surface area contributed by atoms with Crippen LogP contribution >= 0.6 is 0 Å². The number of amides is 1. The molecule has 6 heteroatoms. The molecule has 0 aromatic heterocycles. The molecule has 0 saturated carbocycles. The van der Waals surface area contributed by atoms with Crippen LogP contribution in [0.1, 0.15) is 20.8 Å². The van der Waals surface area contributed by atoms with Crippen LogP contribution in [0.3, 0.4) is 0 Å². The van der Waals surface area contributed by atoms with Crippen molar-refractivity contribution in [2.75, 3.05) is 13.2 Å². The van der Waals surface area contributed by atoms with Gasteiger partial charge >= 0.3 is 12.1 Å². The zero-order valence-corrected chi connectivity index (χ0v) is 18.0. The van der Waals surface area contributed by atoms with E-state index in [2.05, 4.69) is 18.0 Å². The van der Waals surface area contributed by atoms with Crippen molar-refractivity contribution >= 4 is 33.6 Å². The standard InChI is InChI=1S/C25H27NO5/c1-16(2)24(27)30-18(4)15-29-17(3)14-26-25(28)31-23-21-11-7-5-9-19(21)13-20-10-6-8-12-22(20)23/h5-13,17-18H,1,14-15H2,2-4H3,(H,26,28). The molecule has 0 saturated heterocycles. The van der Waals surface area contributed by atoms with Gasteiger partial charge in [0, 0.05) is 22.9 Å². The maximum atomic E-state index is 12.5. The van der Waals surface area contributed by atoms with E-state index < -0.39 is 18.2 Å². The van der Waals surface area contributed by atoms with Crippen molar-refractivity contribution in [3.05, 3.63) is 66.7 Å². The van der Waals surface area contributed by atoms with Crippen LogP contribution in [0, 0.1) is 0 Å². The second-order valence-corrected chi connectivity index (χ2v) is 7.56. The van der Waals surface area contributed by atoms with Crippen molar-refractivity contribution in [3.63, 3.8) is 0 Å². The summed E-state index contributed by atoms with van der Waals surface area (Å²) < 4.78 is 16.5. The molecule has 1 amide bonds. The summed E-state index contributed by atoms with van der Waals surface area (Å²) in [5.41, 5.74) is 0.338. The second kappa shape index (κ2) is 10.1. The number of benzene rings is 3. The first-order valence-electron chi connectivity index (χ1n) is 10.2. The van der Waals surface area contributed by atoms with E-state index in [1.807, 2.05) is 55.5 Å². The first kappa shape index (κ1) is 22.3. The normalized spacial score (nSPS) is 12.9. The van der Waals surface area contributed by atoms with Gasteiger partial charge in [-0.2, -0.15) is 0 Å². The van der Waals surface area contributed by atoms with Gasteiger partial charge in [-0.15, -0.1) is 0 Å². The van der Waals surface area contributed by atoms with Gasteiger partial charge in [-0.25, -0.2) is 9.59 Å². The minimum atomic E-state index is -0.557. The highest BCUT2D eigenvalue weighted by molar-refractivity contribution is 6.06. The van der Waals surface area contributed by atoms with Gasteiger partial charge in [0.05, 0.1) is 12.7 Å². The highest BCUT2D eigenvalue weighted by Gasteiger charge is 2.15. The third-order valence-corrected chi connectivity index (χ3v) is 4.72. The average Bonchev–Trinajstić information content (AvgIpc) is 2.76. The predicted molar refractivity (Wildman–Crippen MR) is 121 cm³/mol. The van der Waals surface area contributed by atoms with E-state index in [9.17, 15) is 9.59 Å². The lowest BCUT2D eigenvalue weighted by molar-refractivity contribution is -0.147. The van der Waals surface area contributed by atoms with Crippen molar-refractivity contribution in [1.82, 2.24) is 5.32 Å². The minimum Gasteiger partial charge on any atom is -0.457 e. The molecule has 0 spiro atoms.